The second-order valence-electron chi connectivity index (χ2n) is 14.2. The van der Waals surface area contributed by atoms with Crippen LogP contribution in [-0.2, 0) is 0 Å². The van der Waals surface area contributed by atoms with E-state index in [4.69, 9.17) is 0 Å². The minimum Gasteiger partial charge on any atom is -0.0640 e. The second kappa shape index (κ2) is 6.16. The van der Waals surface area contributed by atoms with Crippen molar-refractivity contribution in [3.8, 4) is 0 Å². The summed E-state index contributed by atoms with van der Waals surface area (Å²) >= 11 is 0. The lowest BCUT2D eigenvalue weighted by molar-refractivity contribution is -0.163. The van der Waals surface area contributed by atoms with Gasteiger partial charge in [-0.05, 0) is 109 Å². The molecule has 0 amide bonds. The van der Waals surface area contributed by atoms with Gasteiger partial charge in [-0.1, -0.05) is 72.5 Å². The quantitative estimate of drug-likeness (QED) is 0.358. The summed E-state index contributed by atoms with van der Waals surface area (Å²) in [5.41, 5.74) is 6.56. The molecular formula is C29H48. The maximum Gasteiger partial charge on any atom is -0.00566 e. The summed E-state index contributed by atoms with van der Waals surface area (Å²) in [5, 5.41) is 0. The van der Waals surface area contributed by atoms with E-state index >= 15 is 0 Å². The molecule has 0 heteroatoms. The summed E-state index contributed by atoms with van der Waals surface area (Å²) in [4.78, 5) is 0. The number of fused-ring (bicyclic) bond motifs is 6. The van der Waals surface area contributed by atoms with Crippen molar-refractivity contribution >= 4 is 0 Å². The zero-order valence-corrected chi connectivity index (χ0v) is 20.7. The van der Waals surface area contributed by atoms with Crippen LogP contribution in [0.15, 0.2) is 11.1 Å². The van der Waals surface area contributed by atoms with Crippen molar-refractivity contribution < 1.29 is 0 Å². The van der Waals surface area contributed by atoms with Gasteiger partial charge in [-0.25, -0.2) is 0 Å². The lowest BCUT2D eigenvalue weighted by Crippen LogP contribution is -2.61. The molecule has 4 saturated carbocycles. The van der Waals surface area contributed by atoms with E-state index in [0.717, 1.165) is 17.8 Å². The first kappa shape index (κ1) is 20.6. The zero-order valence-electron chi connectivity index (χ0n) is 20.7. The molecule has 0 aliphatic heterocycles. The smallest absolute Gasteiger partial charge is 0.00566 e. The third kappa shape index (κ3) is 2.62. The van der Waals surface area contributed by atoms with Gasteiger partial charge in [0, 0.05) is 0 Å². The Morgan fingerprint density at radius 3 is 2.21 bits per heavy atom. The maximum atomic E-state index is 2.77. The molecule has 29 heavy (non-hydrogen) atoms. The molecule has 5 rings (SSSR count). The average Bonchev–Trinajstić information content (AvgIpc) is 2.63. The van der Waals surface area contributed by atoms with E-state index in [9.17, 15) is 0 Å². The van der Waals surface area contributed by atoms with Gasteiger partial charge in [0.15, 0.2) is 0 Å². The van der Waals surface area contributed by atoms with Crippen LogP contribution in [0.25, 0.3) is 0 Å². The number of hydrogen-bond donors (Lipinski definition) is 0. The molecule has 0 nitrogen and oxygen atoms in total. The molecule has 0 heterocycles. The van der Waals surface area contributed by atoms with Crippen LogP contribution in [0.2, 0.25) is 0 Å². The molecule has 0 radical (unpaired) electrons. The fourth-order valence-corrected chi connectivity index (χ4v) is 10.2. The first-order valence-corrected chi connectivity index (χ1v) is 13.2. The van der Waals surface area contributed by atoms with Gasteiger partial charge in [0.1, 0.15) is 0 Å². The largest absolute Gasteiger partial charge is 0.0640 e. The standard InChI is InChI=1S/C29H48/c1-20-9-8-13-27(5)21(20)12-14-29(7)24(27)11-10-22-23-19-25(2,3)15-16-26(23,4)17-18-28(22,29)6/h20-21,24H,8-19H2,1-7H3. The minimum atomic E-state index is 0.465. The third-order valence-electron chi connectivity index (χ3n) is 12.3. The van der Waals surface area contributed by atoms with Crippen LogP contribution >= 0.6 is 0 Å². The molecule has 7 unspecified atom stereocenters. The SMILES string of the molecule is CC1CCCC2(C)C1CCC1(C)C2CCC2=C3CC(C)(C)CCC3(C)CCC21C. The predicted molar refractivity (Wildman–Crippen MR) is 125 cm³/mol. The van der Waals surface area contributed by atoms with Crippen LogP contribution in [0.4, 0.5) is 0 Å². The average molecular weight is 397 g/mol. The summed E-state index contributed by atoms with van der Waals surface area (Å²) < 4.78 is 0. The highest BCUT2D eigenvalue weighted by atomic mass is 14.7. The predicted octanol–water partition coefficient (Wildman–Crippen LogP) is 8.95. The highest BCUT2D eigenvalue weighted by molar-refractivity contribution is 5.37. The molecule has 5 aliphatic carbocycles. The van der Waals surface area contributed by atoms with E-state index < -0.39 is 0 Å². The Bertz CT molecular complexity index is 726. The van der Waals surface area contributed by atoms with E-state index in [1.165, 1.54) is 77.0 Å². The van der Waals surface area contributed by atoms with Crippen LogP contribution in [0, 0.1) is 44.8 Å². The summed E-state index contributed by atoms with van der Waals surface area (Å²) in [5.74, 6) is 2.90. The van der Waals surface area contributed by atoms with E-state index in [2.05, 4.69) is 48.5 Å². The van der Waals surface area contributed by atoms with Crippen molar-refractivity contribution in [3.63, 3.8) is 0 Å². The molecule has 0 aromatic rings. The van der Waals surface area contributed by atoms with Crippen LogP contribution in [0.3, 0.4) is 0 Å². The van der Waals surface area contributed by atoms with E-state index in [0.29, 0.717) is 27.1 Å². The summed E-state index contributed by atoms with van der Waals surface area (Å²) in [6.45, 7) is 18.6. The molecule has 0 saturated heterocycles. The van der Waals surface area contributed by atoms with Crippen LogP contribution < -0.4 is 0 Å². The minimum absolute atomic E-state index is 0.465. The molecule has 0 N–H and O–H groups in total. The first-order valence-electron chi connectivity index (χ1n) is 13.2. The van der Waals surface area contributed by atoms with Crippen molar-refractivity contribution in [3.05, 3.63) is 11.1 Å². The fourth-order valence-electron chi connectivity index (χ4n) is 10.2. The van der Waals surface area contributed by atoms with E-state index in [1.54, 1.807) is 0 Å². The Hall–Kier alpha value is -0.260. The Labute approximate surface area is 181 Å². The monoisotopic (exact) mass is 396 g/mol. The third-order valence-corrected chi connectivity index (χ3v) is 12.3. The van der Waals surface area contributed by atoms with Crippen molar-refractivity contribution in [2.45, 2.75) is 126 Å². The normalized spacial score (nSPS) is 54.1. The lowest BCUT2D eigenvalue weighted by Gasteiger charge is -2.69. The highest BCUT2D eigenvalue weighted by Gasteiger charge is 2.65. The maximum absolute atomic E-state index is 2.77. The van der Waals surface area contributed by atoms with Gasteiger partial charge < -0.3 is 0 Å². The Morgan fingerprint density at radius 2 is 1.45 bits per heavy atom. The van der Waals surface area contributed by atoms with Gasteiger partial charge in [-0.15, -0.1) is 0 Å². The van der Waals surface area contributed by atoms with Gasteiger partial charge in [-0.3, -0.25) is 0 Å². The van der Waals surface area contributed by atoms with Crippen LogP contribution in [-0.4, -0.2) is 0 Å². The molecule has 0 spiro atoms. The summed E-state index contributed by atoms with van der Waals surface area (Å²) in [6, 6.07) is 0. The Morgan fingerprint density at radius 1 is 0.724 bits per heavy atom. The molecule has 5 aliphatic rings. The van der Waals surface area contributed by atoms with Gasteiger partial charge in [0.25, 0.3) is 0 Å². The molecule has 164 valence electrons. The summed E-state index contributed by atoms with van der Waals surface area (Å²) in [7, 11) is 0. The van der Waals surface area contributed by atoms with E-state index in [-0.39, 0.29) is 0 Å². The number of allylic oxidation sites excluding steroid dienone is 2. The molecule has 7 atom stereocenters. The van der Waals surface area contributed by atoms with Crippen molar-refractivity contribution in [1.29, 1.82) is 0 Å². The topological polar surface area (TPSA) is 0 Å². The molecule has 0 bridgehead atoms. The number of rotatable bonds is 0. The van der Waals surface area contributed by atoms with Crippen molar-refractivity contribution in [2.75, 3.05) is 0 Å². The first-order chi connectivity index (χ1) is 13.5. The van der Waals surface area contributed by atoms with Crippen LogP contribution in [0.1, 0.15) is 126 Å². The van der Waals surface area contributed by atoms with Crippen molar-refractivity contribution in [2.24, 2.45) is 44.8 Å². The van der Waals surface area contributed by atoms with Gasteiger partial charge in [-0.2, -0.15) is 0 Å². The summed E-state index contributed by atoms with van der Waals surface area (Å²) in [6.07, 6.45) is 17.6. The molecule has 0 aromatic carbocycles. The van der Waals surface area contributed by atoms with Gasteiger partial charge in [0.2, 0.25) is 0 Å². The molecular weight excluding hydrogens is 348 g/mol. The zero-order chi connectivity index (χ0) is 20.9. The van der Waals surface area contributed by atoms with Gasteiger partial charge in [0.05, 0.1) is 0 Å². The lowest BCUT2D eigenvalue weighted by atomic mass is 9.35. The van der Waals surface area contributed by atoms with E-state index in [1.807, 2.05) is 11.1 Å². The van der Waals surface area contributed by atoms with Gasteiger partial charge >= 0.3 is 0 Å². The Kier molecular flexibility index (Phi) is 4.38. The Balaban J connectivity index is 1.60. The molecule has 4 fully saturated rings. The molecule has 0 aromatic heterocycles. The van der Waals surface area contributed by atoms with Crippen LogP contribution in [0.5, 0.6) is 0 Å². The van der Waals surface area contributed by atoms with Crippen molar-refractivity contribution in [1.82, 2.24) is 0 Å². The fraction of sp³-hybridized carbons (Fsp3) is 0.931. The highest BCUT2D eigenvalue weighted by Crippen LogP contribution is 2.74. The number of hydrogen-bond acceptors (Lipinski definition) is 0. The second-order valence-corrected chi connectivity index (χ2v) is 14.2.